The first-order chi connectivity index (χ1) is 9.76. The van der Waals surface area contributed by atoms with Gasteiger partial charge in [0.05, 0.1) is 11.8 Å². The second kappa shape index (κ2) is 5.66. The summed E-state index contributed by atoms with van der Waals surface area (Å²) in [5, 5.41) is 11.8. The molecule has 2 N–H and O–H groups in total. The molecule has 21 heavy (non-hydrogen) atoms. The molecule has 2 amide bonds. The van der Waals surface area contributed by atoms with Gasteiger partial charge in [0.25, 0.3) is 0 Å². The molecule has 1 aliphatic heterocycles. The van der Waals surface area contributed by atoms with Crippen molar-refractivity contribution < 1.29 is 19.5 Å². The molecule has 2 fully saturated rings. The number of carboxylic acid groups (broad SMARTS) is 1. The van der Waals surface area contributed by atoms with Crippen LogP contribution in [-0.2, 0) is 14.4 Å². The van der Waals surface area contributed by atoms with Crippen molar-refractivity contribution in [2.24, 2.45) is 17.3 Å². The van der Waals surface area contributed by atoms with Crippen LogP contribution in [0.2, 0.25) is 0 Å². The fourth-order valence-electron chi connectivity index (χ4n) is 3.34. The summed E-state index contributed by atoms with van der Waals surface area (Å²) in [6.45, 7) is 6.69. The van der Waals surface area contributed by atoms with Gasteiger partial charge in [-0.25, -0.2) is 0 Å². The van der Waals surface area contributed by atoms with Crippen LogP contribution in [0.3, 0.4) is 0 Å². The lowest BCUT2D eigenvalue weighted by Crippen LogP contribution is -2.49. The molecule has 0 radical (unpaired) electrons. The number of nitrogens with zero attached hydrogens (tertiary/aromatic N) is 1. The lowest BCUT2D eigenvalue weighted by molar-refractivity contribution is -0.140. The fourth-order valence-corrected chi connectivity index (χ4v) is 3.34. The van der Waals surface area contributed by atoms with Gasteiger partial charge < -0.3 is 15.3 Å². The van der Waals surface area contributed by atoms with Gasteiger partial charge in [-0.05, 0) is 31.6 Å². The van der Waals surface area contributed by atoms with Crippen molar-refractivity contribution >= 4 is 17.8 Å². The van der Waals surface area contributed by atoms with Crippen molar-refractivity contribution in [1.29, 1.82) is 0 Å². The monoisotopic (exact) mass is 296 g/mol. The molecule has 2 aliphatic rings. The average molecular weight is 296 g/mol. The van der Waals surface area contributed by atoms with E-state index in [1.807, 2.05) is 0 Å². The van der Waals surface area contributed by atoms with E-state index < -0.39 is 29.3 Å². The second-order valence-electron chi connectivity index (χ2n) is 6.73. The highest BCUT2D eigenvalue weighted by atomic mass is 16.4. The van der Waals surface area contributed by atoms with Crippen molar-refractivity contribution in [2.75, 3.05) is 13.1 Å². The molecule has 2 rings (SSSR count). The van der Waals surface area contributed by atoms with E-state index in [1.54, 1.807) is 25.7 Å². The molecule has 0 aromatic carbocycles. The van der Waals surface area contributed by atoms with Crippen molar-refractivity contribution in [2.45, 2.75) is 46.1 Å². The van der Waals surface area contributed by atoms with Gasteiger partial charge in [0.2, 0.25) is 11.8 Å². The van der Waals surface area contributed by atoms with Gasteiger partial charge in [0.15, 0.2) is 0 Å². The van der Waals surface area contributed by atoms with Crippen molar-refractivity contribution in [3.05, 3.63) is 0 Å². The molecule has 6 heteroatoms. The smallest absolute Gasteiger partial charge is 0.307 e. The van der Waals surface area contributed by atoms with E-state index in [9.17, 15) is 14.4 Å². The molecular weight excluding hydrogens is 272 g/mol. The Morgan fingerprint density at radius 3 is 2.19 bits per heavy atom. The van der Waals surface area contributed by atoms with E-state index in [0.29, 0.717) is 0 Å². The van der Waals surface area contributed by atoms with E-state index in [4.69, 9.17) is 5.11 Å². The van der Waals surface area contributed by atoms with Crippen LogP contribution in [0.15, 0.2) is 0 Å². The summed E-state index contributed by atoms with van der Waals surface area (Å²) >= 11 is 0. The summed E-state index contributed by atoms with van der Waals surface area (Å²) in [6.07, 6.45) is 3.15. The lowest BCUT2D eigenvalue weighted by atomic mass is 10.1. The molecule has 1 saturated carbocycles. The highest BCUT2D eigenvalue weighted by Crippen LogP contribution is 2.58. The summed E-state index contributed by atoms with van der Waals surface area (Å²) in [4.78, 5) is 37.3. The van der Waals surface area contributed by atoms with Gasteiger partial charge in [-0.3, -0.25) is 14.4 Å². The van der Waals surface area contributed by atoms with E-state index >= 15 is 0 Å². The molecule has 0 aromatic rings. The molecule has 0 spiro atoms. The predicted octanol–water partition coefficient (Wildman–Crippen LogP) is 0.860. The van der Waals surface area contributed by atoms with Gasteiger partial charge in [-0.1, -0.05) is 13.8 Å². The van der Waals surface area contributed by atoms with E-state index in [1.165, 1.54) is 0 Å². The standard InChI is InChI=1S/C15H24N2O4/c1-9(13(19)17-7-5-4-6-8-17)16-12(18)10-11(14(20)21)15(10,2)3/h9-11H,4-8H2,1-3H3,(H,16,18)(H,20,21). The highest BCUT2D eigenvalue weighted by molar-refractivity contribution is 5.94. The van der Waals surface area contributed by atoms with Crippen LogP contribution in [0, 0.1) is 17.3 Å². The lowest BCUT2D eigenvalue weighted by Gasteiger charge is -2.29. The Kier molecular flexibility index (Phi) is 4.25. The number of aliphatic carboxylic acids is 1. The zero-order valence-corrected chi connectivity index (χ0v) is 12.9. The third-order valence-corrected chi connectivity index (χ3v) is 4.77. The third kappa shape index (κ3) is 3.04. The van der Waals surface area contributed by atoms with Gasteiger partial charge in [-0.2, -0.15) is 0 Å². The number of carboxylic acids is 1. The minimum Gasteiger partial charge on any atom is -0.481 e. The molecule has 0 bridgehead atoms. The van der Waals surface area contributed by atoms with Crippen LogP contribution >= 0.6 is 0 Å². The molecule has 6 nitrogen and oxygen atoms in total. The first-order valence-corrected chi connectivity index (χ1v) is 7.58. The minimum absolute atomic E-state index is 0.0756. The van der Waals surface area contributed by atoms with Crippen LogP contribution in [0.4, 0.5) is 0 Å². The quantitative estimate of drug-likeness (QED) is 0.805. The van der Waals surface area contributed by atoms with Gasteiger partial charge in [0, 0.05) is 13.1 Å². The summed E-state index contributed by atoms with van der Waals surface area (Å²) < 4.78 is 0. The molecule has 3 atom stereocenters. The van der Waals surface area contributed by atoms with Crippen LogP contribution < -0.4 is 5.32 Å². The third-order valence-electron chi connectivity index (χ3n) is 4.77. The van der Waals surface area contributed by atoms with Crippen molar-refractivity contribution in [1.82, 2.24) is 10.2 Å². The largest absolute Gasteiger partial charge is 0.481 e. The topological polar surface area (TPSA) is 86.7 Å². The van der Waals surface area contributed by atoms with Gasteiger partial charge in [-0.15, -0.1) is 0 Å². The van der Waals surface area contributed by atoms with Crippen molar-refractivity contribution in [3.63, 3.8) is 0 Å². The summed E-state index contributed by atoms with van der Waals surface area (Å²) in [5.74, 6) is -2.56. The summed E-state index contributed by atoms with van der Waals surface area (Å²) in [7, 11) is 0. The Bertz CT molecular complexity index is 455. The number of piperidine rings is 1. The Morgan fingerprint density at radius 1 is 1.14 bits per heavy atom. The number of carbonyl (C=O) groups is 3. The minimum atomic E-state index is -0.949. The highest BCUT2D eigenvalue weighted by Gasteiger charge is 2.66. The molecular formula is C15H24N2O4. The number of nitrogens with one attached hydrogen (secondary N) is 1. The summed E-state index contributed by atoms with van der Waals surface area (Å²) in [6, 6.07) is -0.596. The van der Waals surface area contributed by atoms with E-state index in [0.717, 1.165) is 32.4 Å². The normalized spacial score (nSPS) is 28.6. The number of hydrogen-bond donors (Lipinski definition) is 2. The average Bonchev–Trinajstić information content (AvgIpc) is 3.02. The molecule has 1 heterocycles. The van der Waals surface area contributed by atoms with E-state index in [-0.39, 0.29) is 11.8 Å². The number of rotatable bonds is 4. The van der Waals surface area contributed by atoms with Crippen LogP contribution in [-0.4, -0.2) is 46.9 Å². The molecule has 118 valence electrons. The van der Waals surface area contributed by atoms with Crippen molar-refractivity contribution in [3.8, 4) is 0 Å². The Hall–Kier alpha value is -1.59. The maximum atomic E-state index is 12.2. The predicted molar refractivity (Wildman–Crippen MR) is 76.4 cm³/mol. The molecule has 0 aromatic heterocycles. The number of carbonyl (C=O) groups excluding carboxylic acids is 2. The maximum Gasteiger partial charge on any atom is 0.307 e. The SMILES string of the molecule is CC(NC(=O)C1C(C(=O)O)C1(C)C)C(=O)N1CCCCC1. The fraction of sp³-hybridized carbons (Fsp3) is 0.800. The maximum absolute atomic E-state index is 12.2. The van der Waals surface area contributed by atoms with Crippen LogP contribution in [0.1, 0.15) is 40.0 Å². The zero-order valence-electron chi connectivity index (χ0n) is 12.9. The van der Waals surface area contributed by atoms with Gasteiger partial charge in [0.1, 0.15) is 6.04 Å². The van der Waals surface area contributed by atoms with Crippen LogP contribution in [0.25, 0.3) is 0 Å². The Balaban J connectivity index is 1.91. The number of amides is 2. The number of likely N-dealkylation sites (tertiary alicyclic amines) is 1. The number of hydrogen-bond acceptors (Lipinski definition) is 3. The first-order valence-electron chi connectivity index (χ1n) is 7.58. The Morgan fingerprint density at radius 2 is 1.71 bits per heavy atom. The zero-order chi connectivity index (χ0) is 15.8. The second-order valence-corrected chi connectivity index (χ2v) is 6.73. The molecule has 1 saturated heterocycles. The molecule has 3 unspecified atom stereocenters. The van der Waals surface area contributed by atoms with Crippen LogP contribution in [0.5, 0.6) is 0 Å². The Labute approximate surface area is 124 Å². The van der Waals surface area contributed by atoms with E-state index in [2.05, 4.69) is 5.32 Å². The first kappa shape index (κ1) is 15.8. The summed E-state index contributed by atoms with van der Waals surface area (Å²) in [5.41, 5.74) is -0.538. The van der Waals surface area contributed by atoms with Gasteiger partial charge >= 0.3 is 5.97 Å². The molecule has 1 aliphatic carbocycles.